The lowest BCUT2D eigenvalue weighted by Gasteiger charge is -2.33. The number of carboxylic acid groups (broad SMARTS) is 1. The van der Waals surface area contributed by atoms with Gasteiger partial charge in [-0.2, -0.15) is 11.8 Å². The number of hydrogen-bond donors (Lipinski definition) is 2. The molecular formula is C19H24N2O5S. The van der Waals surface area contributed by atoms with Crippen molar-refractivity contribution < 1.29 is 29.9 Å². The number of imide groups is 1. The number of nitrogens with two attached hydrogens (primary N) is 1. The maximum atomic E-state index is 13.1. The van der Waals surface area contributed by atoms with Crippen LogP contribution in [0.2, 0.25) is 0 Å². The number of likely N-dealkylation sites (tertiary alicyclic amines) is 1. The van der Waals surface area contributed by atoms with Crippen LogP contribution in [0.25, 0.3) is 0 Å². The molecule has 2 heterocycles. The van der Waals surface area contributed by atoms with Crippen LogP contribution in [0.15, 0.2) is 24.3 Å². The summed E-state index contributed by atoms with van der Waals surface area (Å²) in [5.74, 6) is -3.51. The van der Waals surface area contributed by atoms with Gasteiger partial charge in [0, 0.05) is 12.5 Å². The van der Waals surface area contributed by atoms with Crippen LogP contribution in [-0.2, 0) is 14.4 Å². The lowest BCUT2D eigenvalue weighted by molar-refractivity contribution is -0.739. The summed E-state index contributed by atoms with van der Waals surface area (Å²) in [6, 6.07) is 5.54. The third-order valence-corrected chi connectivity index (χ3v) is 6.33. The average Bonchev–Trinajstić information content (AvgIpc) is 3.08. The molecule has 0 aromatic heterocycles. The molecule has 1 aromatic rings. The van der Waals surface area contributed by atoms with E-state index in [1.807, 2.05) is 6.26 Å². The van der Waals surface area contributed by atoms with E-state index in [2.05, 4.69) is 0 Å². The second kappa shape index (κ2) is 7.16. The van der Waals surface area contributed by atoms with E-state index in [4.69, 9.17) is 0 Å². The van der Waals surface area contributed by atoms with Crippen molar-refractivity contribution >= 4 is 29.5 Å². The molecule has 0 radical (unpaired) electrons. The zero-order valence-electron chi connectivity index (χ0n) is 15.5. The lowest BCUT2D eigenvalue weighted by Crippen LogP contribution is -2.99. The number of aromatic hydroxyl groups is 1. The first kappa shape index (κ1) is 19.7. The fraction of sp³-hybridized carbons (Fsp3) is 0.526. The van der Waals surface area contributed by atoms with E-state index >= 15 is 0 Å². The smallest absolute Gasteiger partial charge is 0.240 e. The Kier molecular flexibility index (Phi) is 5.22. The molecule has 2 saturated heterocycles. The Morgan fingerprint density at radius 2 is 2.00 bits per heavy atom. The van der Waals surface area contributed by atoms with Crippen LogP contribution in [0, 0.1) is 11.8 Å². The van der Waals surface area contributed by atoms with Gasteiger partial charge in [0.2, 0.25) is 11.8 Å². The molecule has 2 aliphatic rings. The van der Waals surface area contributed by atoms with Crippen molar-refractivity contribution in [1.29, 1.82) is 0 Å². The van der Waals surface area contributed by atoms with Gasteiger partial charge in [-0.3, -0.25) is 14.5 Å². The van der Waals surface area contributed by atoms with Gasteiger partial charge in [-0.15, -0.1) is 0 Å². The van der Waals surface area contributed by atoms with E-state index in [1.54, 1.807) is 37.4 Å². The summed E-state index contributed by atoms with van der Waals surface area (Å²) >= 11 is 1.48. The normalized spacial score (nSPS) is 30.2. The van der Waals surface area contributed by atoms with Gasteiger partial charge in [0.15, 0.2) is 5.54 Å². The zero-order valence-corrected chi connectivity index (χ0v) is 16.4. The van der Waals surface area contributed by atoms with Crippen molar-refractivity contribution in [1.82, 2.24) is 4.90 Å². The predicted molar refractivity (Wildman–Crippen MR) is 97.5 cm³/mol. The number of hydrogen-bond acceptors (Lipinski definition) is 6. The third-order valence-electron chi connectivity index (χ3n) is 5.72. The van der Waals surface area contributed by atoms with Crippen molar-refractivity contribution in [2.24, 2.45) is 11.8 Å². The molecule has 146 valence electrons. The largest absolute Gasteiger partial charge is 0.544 e. The van der Waals surface area contributed by atoms with Gasteiger partial charge in [0.05, 0.1) is 5.56 Å². The molecule has 0 bridgehead atoms. The number of nitrogens with zero attached hydrogens (tertiary/aromatic N) is 1. The molecule has 2 aliphatic heterocycles. The standard InChI is InChI=1S/C19H24N2O5S/c1-10(2)21-16(23)13-14(17(21)24)19(18(25)26,8-9-27-3)20-15(13)11-6-4-5-7-12(11)22/h4-7,10,13-15,20,22H,8-9H2,1-3H3,(H,25,26)/t13-,14-,15-,19+/m0/s1. The number of rotatable bonds is 6. The first-order valence-electron chi connectivity index (χ1n) is 8.97. The first-order chi connectivity index (χ1) is 12.8. The van der Waals surface area contributed by atoms with Crippen LogP contribution in [0.5, 0.6) is 5.75 Å². The first-order valence-corrected chi connectivity index (χ1v) is 10.4. The Bertz CT molecular complexity index is 783. The van der Waals surface area contributed by atoms with E-state index in [0.717, 1.165) is 0 Å². The van der Waals surface area contributed by atoms with Gasteiger partial charge >= 0.3 is 0 Å². The van der Waals surface area contributed by atoms with Gasteiger partial charge in [-0.05, 0) is 38.0 Å². The highest BCUT2D eigenvalue weighted by Crippen LogP contribution is 2.47. The van der Waals surface area contributed by atoms with Gasteiger partial charge < -0.3 is 20.3 Å². The zero-order chi connectivity index (χ0) is 19.9. The van der Waals surface area contributed by atoms with Gasteiger partial charge in [-0.25, -0.2) is 0 Å². The SMILES string of the molecule is CSCC[C@@]1(C(=O)[O-])[NH2+][C@@H](c2ccccc2O)[C@H]2C(=O)N(C(C)C)C(=O)[C@H]21. The number of carbonyl (C=O) groups is 3. The minimum Gasteiger partial charge on any atom is -0.544 e. The summed E-state index contributed by atoms with van der Waals surface area (Å²) in [7, 11) is 0. The molecule has 3 rings (SSSR count). The maximum absolute atomic E-state index is 13.1. The summed E-state index contributed by atoms with van der Waals surface area (Å²) in [6.45, 7) is 3.47. The van der Waals surface area contributed by atoms with Crippen LogP contribution in [0.3, 0.4) is 0 Å². The molecule has 4 atom stereocenters. The van der Waals surface area contributed by atoms with Crippen molar-refractivity contribution in [2.45, 2.75) is 37.9 Å². The Hall–Kier alpha value is -2.06. The molecule has 7 nitrogen and oxygen atoms in total. The Morgan fingerprint density at radius 1 is 1.33 bits per heavy atom. The van der Waals surface area contributed by atoms with Gasteiger partial charge in [-0.1, -0.05) is 12.1 Å². The number of phenolic OH excluding ortho intramolecular Hbond substituents is 1. The van der Waals surface area contributed by atoms with E-state index in [9.17, 15) is 24.6 Å². The van der Waals surface area contributed by atoms with Crippen LogP contribution in [-0.4, -0.2) is 51.4 Å². The number of aliphatic carboxylic acids is 1. The van der Waals surface area contributed by atoms with Crippen molar-refractivity contribution in [3.63, 3.8) is 0 Å². The van der Waals surface area contributed by atoms with Gasteiger partial charge in [0.25, 0.3) is 0 Å². The molecule has 0 saturated carbocycles. The number of amides is 2. The second-order valence-electron chi connectivity index (χ2n) is 7.47. The highest BCUT2D eigenvalue weighted by atomic mass is 32.2. The summed E-state index contributed by atoms with van der Waals surface area (Å²) in [4.78, 5) is 39.7. The number of fused-ring (bicyclic) bond motifs is 1. The Labute approximate surface area is 162 Å². The lowest BCUT2D eigenvalue weighted by atomic mass is 9.78. The van der Waals surface area contributed by atoms with Crippen LogP contribution < -0.4 is 10.4 Å². The maximum Gasteiger partial charge on any atom is 0.240 e. The summed E-state index contributed by atoms with van der Waals surface area (Å²) < 4.78 is 0. The Balaban J connectivity index is 2.16. The molecule has 0 aliphatic carbocycles. The molecule has 8 heteroatoms. The number of thioether (sulfide) groups is 1. The van der Waals surface area contributed by atoms with Crippen LogP contribution in [0.4, 0.5) is 0 Å². The molecule has 27 heavy (non-hydrogen) atoms. The monoisotopic (exact) mass is 392 g/mol. The van der Waals surface area contributed by atoms with Crippen LogP contribution in [0.1, 0.15) is 31.9 Å². The second-order valence-corrected chi connectivity index (χ2v) is 8.45. The Morgan fingerprint density at radius 3 is 2.56 bits per heavy atom. The average molecular weight is 392 g/mol. The topological polar surface area (TPSA) is 114 Å². The molecule has 1 aromatic carbocycles. The molecule has 0 spiro atoms. The molecular weight excluding hydrogens is 368 g/mol. The van der Waals surface area contributed by atoms with E-state index in [0.29, 0.717) is 11.3 Å². The number of phenols is 1. The number of benzene rings is 1. The predicted octanol–water partition coefficient (Wildman–Crippen LogP) is -0.738. The van der Waals surface area contributed by atoms with E-state index in [1.165, 1.54) is 22.7 Å². The van der Waals surface area contributed by atoms with Gasteiger partial charge in [0.1, 0.15) is 29.6 Å². The molecule has 2 fully saturated rings. The van der Waals surface area contributed by atoms with Crippen molar-refractivity contribution in [3.8, 4) is 5.75 Å². The summed E-state index contributed by atoms with van der Waals surface area (Å²) in [6.07, 6.45) is 2.06. The fourth-order valence-electron chi connectivity index (χ4n) is 4.51. The van der Waals surface area contributed by atoms with Crippen molar-refractivity contribution in [2.75, 3.05) is 12.0 Å². The minimum absolute atomic E-state index is 0.0141. The summed E-state index contributed by atoms with van der Waals surface area (Å²) in [5, 5.41) is 24.1. The van der Waals surface area contributed by atoms with Crippen LogP contribution >= 0.6 is 11.8 Å². The third kappa shape index (κ3) is 2.91. The highest BCUT2D eigenvalue weighted by molar-refractivity contribution is 7.98. The number of para-hydroxylation sites is 1. The van der Waals surface area contributed by atoms with E-state index < -0.39 is 35.3 Å². The fourth-order valence-corrected chi connectivity index (χ4v) is 5.06. The highest BCUT2D eigenvalue weighted by Gasteiger charge is 2.69. The number of quaternary nitrogens is 1. The quantitative estimate of drug-likeness (QED) is 0.617. The molecule has 0 unspecified atom stereocenters. The molecule has 2 amide bonds. The van der Waals surface area contributed by atoms with Crippen molar-refractivity contribution in [3.05, 3.63) is 29.8 Å². The van der Waals surface area contributed by atoms with E-state index in [-0.39, 0.29) is 24.1 Å². The molecule has 3 N–H and O–H groups in total. The number of carboxylic acids is 1. The number of carbonyl (C=O) groups excluding carboxylic acids is 3. The minimum atomic E-state index is -1.53. The summed E-state index contributed by atoms with van der Waals surface area (Å²) in [5.41, 5.74) is -1.07.